The monoisotopic (exact) mass is 416 g/mol. The highest BCUT2D eigenvalue weighted by molar-refractivity contribution is 7.89. The summed E-state index contributed by atoms with van der Waals surface area (Å²) in [5.41, 5.74) is 4.06. The third kappa shape index (κ3) is 5.52. The summed E-state index contributed by atoms with van der Waals surface area (Å²) in [6.45, 7) is 8.85. The van der Waals surface area contributed by atoms with Gasteiger partial charge in [-0.05, 0) is 87.4 Å². The molecule has 0 atom stereocenters. The first-order valence-electron chi connectivity index (χ1n) is 10.5. The first kappa shape index (κ1) is 21.7. The lowest BCUT2D eigenvalue weighted by Gasteiger charge is -2.28. The molecule has 2 aromatic rings. The summed E-state index contributed by atoms with van der Waals surface area (Å²) >= 11 is 0. The van der Waals surface area contributed by atoms with Crippen LogP contribution in [-0.4, -0.2) is 34.7 Å². The number of anilines is 1. The number of hydrogen-bond donors (Lipinski definition) is 1. The smallest absolute Gasteiger partial charge is 0.240 e. The van der Waals surface area contributed by atoms with Gasteiger partial charge in [0.25, 0.3) is 0 Å². The fourth-order valence-corrected chi connectivity index (χ4v) is 5.08. The highest BCUT2D eigenvalue weighted by Gasteiger charge is 2.17. The predicted octanol–water partition coefficient (Wildman–Crippen LogP) is 4.21. The molecule has 1 aliphatic rings. The van der Waals surface area contributed by atoms with Gasteiger partial charge in [-0.1, -0.05) is 12.1 Å². The summed E-state index contributed by atoms with van der Waals surface area (Å²) in [4.78, 5) is 2.71. The van der Waals surface area contributed by atoms with E-state index in [1.807, 2.05) is 20.8 Å². The molecule has 6 heteroatoms. The first-order valence-corrected chi connectivity index (χ1v) is 12.0. The standard InChI is InChI=1S/C23H32N2O3S/c1-4-28-23-18(2)16-22(17-19(23)3)29(26,27)24-13-12-20-8-10-21(11-9-20)25-14-6-5-7-15-25/h8-11,16-17,24H,4-7,12-15H2,1-3H3. The van der Waals surface area contributed by atoms with Crippen molar-refractivity contribution in [3.8, 4) is 5.75 Å². The van der Waals surface area contributed by atoms with Gasteiger partial charge in [0.2, 0.25) is 10.0 Å². The third-order valence-corrected chi connectivity index (χ3v) is 6.84. The highest BCUT2D eigenvalue weighted by atomic mass is 32.2. The van der Waals surface area contributed by atoms with Crippen LogP contribution in [0.15, 0.2) is 41.3 Å². The zero-order valence-corrected chi connectivity index (χ0v) is 18.5. The number of hydrogen-bond acceptors (Lipinski definition) is 4. The van der Waals surface area contributed by atoms with Crippen molar-refractivity contribution in [1.82, 2.24) is 4.72 Å². The maximum Gasteiger partial charge on any atom is 0.240 e. The third-order valence-electron chi connectivity index (χ3n) is 5.40. The van der Waals surface area contributed by atoms with Gasteiger partial charge in [-0.15, -0.1) is 0 Å². The summed E-state index contributed by atoms with van der Waals surface area (Å²) in [6, 6.07) is 11.8. The van der Waals surface area contributed by atoms with Crippen LogP contribution in [0.2, 0.25) is 0 Å². The Hall–Kier alpha value is -2.05. The molecule has 1 fully saturated rings. The van der Waals surface area contributed by atoms with Crippen LogP contribution >= 0.6 is 0 Å². The van der Waals surface area contributed by atoms with Crippen LogP contribution in [0.3, 0.4) is 0 Å². The molecule has 0 aromatic heterocycles. The molecule has 0 spiro atoms. The number of ether oxygens (including phenoxy) is 1. The Kier molecular flexibility index (Phi) is 7.19. The molecule has 0 amide bonds. The molecule has 0 aliphatic carbocycles. The van der Waals surface area contributed by atoms with Crippen LogP contribution in [0.5, 0.6) is 5.75 Å². The molecular formula is C23H32N2O3S. The second-order valence-corrected chi connectivity index (χ2v) is 9.45. The molecule has 1 saturated heterocycles. The molecule has 5 nitrogen and oxygen atoms in total. The van der Waals surface area contributed by atoms with Gasteiger partial charge in [-0.25, -0.2) is 13.1 Å². The molecule has 3 rings (SSSR count). The van der Waals surface area contributed by atoms with E-state index in [0.29, 0.717) is 19.6 Å². The average molecular weight is 417 g/mol. The van der Waals surface area contributed by atoms with Crippen molar-refractivity contribution in [3.05, 3.63) is 53.1 Å². The highest BCUT2D eigenvalue weighted by Crippen LogP contribution is 2.27. The fraction of sp³-hybridized carbons (Fsp3) is 0.478. The van der Waals surface area contributed by atoms with E-state index in [1.165, 1.54) is 24.9 Å². The number of sulfonamides is 1. The van der Waals surface area contributed by atoms with Gasteiger partial charge >= 0.3 is 0 Å². The second-order valence-electron chi connectivity index (χ2n) is 7.68. The average Bonchev–Trinajstić information content (AvgIpc) is 2.71. The zero-order chi connectivity index (χ0) is 20.9. The predicted molar refractivity (Wildman–Crippen MR) is 118 cm³/mol. The van der Waals surface area contributed by atoms with Gasteiger partial charge < -0.3 is 9.64 Å². The lowest BCUT2D eigenvalue weighted by molar-refractivity contribution is 0.335. The van der Waals surface area contributed by atoms with E-state index in [4.69, 9.17) is 4.74 Å². The van der Waals surface area contributed by atoms with Crippen LogP contribution in [0, 0.1) is 13.8 Å². The molecule has 2 aromatic carbocycles. The SMILES string of the molecule is CCOc1c(C)cc(S(=O)(=O)NCCc2ccc(N3CCCCC3)cc2)cc1C. The van der Waals surface area contributed by atoms with Gasteiger partial charge in [0, 0.05) is 25.3 Å². The normalized spacial score (nSPS) is 14.8. The van der Waals surface area contributed by atoms with Gasteiger partial charge in [0.05, 0.1) is 11.5 Å². The maximum absolute atomic E-state index is 12.7. The van der Waals surface area contributed by atoms with Gasteiger partial charge in [-0.2, -0.15) is 0 Å². The fourth-order valence-electron chi connectivity index (χ4n) is 3.88. The van der Waals surface area contributed by atoms with Gasteiger partial charge in [0.1, 0.15) is 5.75 Å². The number of aryl methyl sites for hydroxylation is 2. The van der Waals surface area contributed by atoms with Crippen LogP contribution < -0.4 is 14.4 Å². The van der Waals surface area contributed by atoms with Crippen molar-refractivity contribution < 1.29 is 13.2 Å². The largest absolute Gasteiger partial charge is 0.493 e. The van der Waals surface area contributed by atoms with Crippen molar-refractivity contribution in [1.29, 1.82) is 0 Å². The second kappa shape index (κ2) is 9.63. The van der Waals surface area contributed by atoms with Crippen molar-refractivity contribution in [2.45, 2.75) is 51.3 Å². The van der Waals surface area contributed by atoms with E-state index in [2.05, 4.69) is 33.9 Å². The molecular weight excluding hydrogens is 384 g/mol. The molecule has 0 bridgehead atoms. The number of nitrogens with zero attached hydrogens (tertiary/aromatic N) is 1. The van der Waals surface area contributed by atoms with Crippen LogP contribution in [0.1, 0.15) is 42.9 Å². The molecule has 0 unspecified atom stereocenters. The van der Waals surface area contributed by atoms with Crippen molar-refractivity contribution >= 4 is 15.7 Å². The maximum atomic E-state index is 12.7. The summed E-state index contributed by atoms with van der Waals surface area (Å²) in [7, 11) is -3.55. The van der Waals surface area contributed by atoms with Crippen LogP contribution in [0.25, 0.3) is 0 Å². The minimum atomic E-state index is -3.55. The van der Waals surface area contributed by atoms with E-state index in [-0.39, 0.29) is 4.90 Å². The minimum Gasteiger partial charge on any atom is -0.493 e. The van der Waals surface area contributed by atoms with Gasteiger partial charge in [0.15, 0.2) is 0 Å². The lowest BCUT2D eigenvalue weighted by atomic mass is 10.1. The Morgan fingerprint density at radius 3 is 2.21 bits per heavy atom. The Labute approximate surface area is 175 Å². The van der Waals surface area contributed by atoms with Gasteiger partial charge in [-0.3, -0.25) is 0 Å². The van der Waals surface area contributed by atoms with Crippen molar-refractivity contribution in [2.24, 2.45) is 0 Å². The quantitative estimate of drug-likeness (QED) is 0.700. The molecule has 1 aliphatic heterocycles. The summed E-state index contributed by atoms with van der Waals surface area (Å²) in [5, 5.41) is 0. The number of nitrogens with one attached hydrogen (secondary N) is 1. The minimum absolute atomic E-state index is 0.288. The molecule has 158 valence electrons. The zero-order valence-electron chi connectivity index (χ0n) is 17.7. The van der Waals surface area contributed by atoms with Crippen molar-refractivity contribution in [2.75, 3.05) is 31.1 Å². The number of rotatable bonds is 8. The Bertz CT molecular complexity index is 895. The summed E-state index contributed by atoms with van der Waals surface area (Å²) in [6.07, 6.45) is 4.50. The van der Waals surface area contributed by atoms with Crippen molar-refractivity contribution in [3.63, 3.8) is 0 Å². The van der Waals surface area contributed by atoms with E-state index in [1.54, 1.807) is 12.1 Å². The van der Waals surface area contributed by atoms with Crippen LogP contribution in [0.4, 0.5) is 5.69 Å². The summed E-state index contributed by atoms with van der Waals surface area (Å²) < 4.78 is 33.7. The van der Waals surface area contributed by atoms with E-state index in [0.717, 1.165) is 35.5 Å². The topological polar surface area (TPSA) is 58.6 Å². The molecule has 0 saturated carbocycles. The number of piperidine rings is 1. The molecule has 1 N–H and O–H groups in total. The van der Waals surface area contributed by atoms with Crippen LogP contribution in [-0.2, 0) is 16.4 Å². The Morgan fingerprint density at radius 1 is 1.00 bits per heavy atom. The van der Waals surface area contributed by atoms with E-state index < -0.39 is 10.0 Å². The first-order chi connectivity index (χ1) is 13.9. The molecule has 1 heterocycles. The molecule has 0 radical (unpaired) electrons. The molecule has 29 heavy (non-hydrogen) atoms. The Morgan fingerprint density at radius 2 is 1.62 bits per heavy atom. The summed E-state index contributed by atoms with van der Waals surface area (Å²) in [5.74, 6) is 0.764. The Balaban J connectivity index is 1.59. The lowest BCUT2D eigenvalue weighted by Crippen LogP contribution is -2.29. The van der Waals surface area contributed by atoms with E-state index in [9.17, 15) is 8.42 Å². The number of benzene rings is 2. The van der Waals surface area contributed by atoms with E-state index >= 15 is 0 Å².